The highest BCUT2D eigenvalue weighted by atomic mass is 16.5. The number of unbranched alkanes of at least 4 members (excludes halogenated alkanes) is 2. The molecule has 3 aliphatic rings. The maximum Gasteiger partial charge on any atom is 0.306 e. The van der Waals surface area contributed by atoms with Crippen molar-refractivity contribution in [1.29, 1.82) is 0 Å². The Morgan fingerprint density at radius 1 is 1.08 bits per heavy atom. The van der Waals surface area contributed by atoms with E-state index in [1.165, 1.54) is 0 Å². The number of amides is 3. The first-order valence-electron chi connectivity index (χ1n) is 17.4. The molecule has 3 heterocycles. The number of nitrogens with zero attached hydrogens (tertiary/aromatic N) is 2. The topological polar surface area (TPSA) is 125 Å². The summed E-state index contributed by atoms with van der Waals surface area (Å²) in [5.74, 6) is -2.97. The van der Waals surface area contributed by atoms with E-state index in [0.717, 1.165) is 22.4 Å². The van der Waals surface area contributed by atoms with Crippen molar-refractivity contribution in [2.45, 2.75) is 82.6 Å². The molecule has 6 atom stereocenters. The van der Waals surface area contributed by atoms with Gasteiger partial charge in [-0.15, -0.1) is 13.2 Å². The fraction of sp³-hybridized carbons (Fsp3) is 0.487. The Hall–Kier alpha value is -4.28. The van der Waals surface area contributed by atoms with E-state index in [2.05, 4.69) is 18.5 Å². The first kappa shape index (κ1) is 36.0. The van der Waals surface area contributed by atoms with Crippen LogP contribution in [0.5, 0.6) is 0 Å². The lowest BCUT2D eigenvalue weighted by Gasteiger charge is -2.37. The zero-order chi connectivity index (χ0) is 35.1. The smallest absolute Gasteiger partial charge is 0.306 e. The number of fused-ring (bicyclic) bond motifs is 1. The Kier molecular flexibility index (Phi) is 11.7. The van der Waals surface area contributed by atoms with Gasteiger partial charge in [-0.2, -0.15) is 0 Å². The standard InChI is InChI=1S/C39H49N3O7/c1-5-7-19-31(44)48-25-29(28-17-10-8-11-18-28)40-36(45)32-30-20-21-39(49-30)33(32)37(46)42(23-12-9-13-24-43)35(39)38(47)41(22-6-2)34-26(3)15-14-16-27(34)4/h5-6,8,10-11,14-18,29-30,32-33,35,43H,1-2,7,9,12-13,19-25H2,3-4H3,(H,40,45)/t29-,30-,32+,33+,35-,39+/m1/s1. The van der Waals surface area contributed by atoms with Gasteiger partial charge in [-0.05, 0) is 69.1 Å². The summed E-state index contributed by atoms with van der Waals surface area (Å²) in [6, 6.07) is 13.5. The minimum atomic E-state index is -1.17. The second kappa shape index (κ2) is 16.0. The highest BCUT2D eigenvalue weighted by Gasteiger charge is 2.74. The third kappa shape index (κ3) is 7.21. The van der Waals surface area contributed by atoms with Gasteiger partial charge in [-0.1, -0.05) is 60.7 Å². The van der Waals surface area contributed by atoms with E-state index in [9.17, 15) is 24.3 Å². The molecule has 3 saturated heterocycles. The lowest BCUT2D eigenvalue weighted by Crippen LogP contribution is -2.57. The van der Waals surface area contributed by atoms with Crippen LogP contribution in [0, 0.1) is 25.7 Å². The molecule has 10 nitrogen and oxygen atoms in total. The molecular formula is C39H49N3O7. The molecule has 1 spiro atoms. The van der Waals surface area contributed by atoms with E-state index >= 15 is 0 Å². The monoisotopic (exact) mass is 671 g/mol. The molecule has 0 aliphatic carbocycles. The highest BCUT2D eigenvalue weighted by molar-refractivity contribution is 6.05. The quantitative estimate of drug-likeness (QED) is 0.142. The van der Waals surface area contributed by atoms with Gasteiger partial charge in [-0.25, -0.2) is 0 Å². The summed E-state index contributed by atoms with van der Waals surface area (Å²) in [5.41, 5.74) is 2.21. The normalized spacial score (nSPS) is 24.3. The molecule has 262 valence electrons. The zero-order valence-electron chi connectivity index (χ0n) is 28.6. The number of aliphatic hydroxyl groups excluding tert-OH is 1. The minimum Gasteiger partial charge on any atom is -0.463 e. The van der Waals surface area contributed by atoms with Crippen molar-refractivity contribution in [3.05, 3.63) is 90.5 Å². The van der Waals surface area contributed by atoms with Crippen LogP contribution in [0.4, 0.5) is 5.69 Å². The van der Waals surface area contributed by atoms with Crippen LogP contribution in [0.25, 0.3) is 0 Å². The summed E-state index contributed by atoms with van der Waals surface area (Å²) in [6.07, 6.45) is 6.32. The highest BCUT2D eigenvalue weighted by Crippen LogP contribution is 2.59. The van der Waals surface area contributed by atoms with E-state index in [4.69, 9.17) is 9.47 Å². The van der Waals surface area contributed by atoms with Gasteiger partial charge in [0, 0.05) is 31.8 Å². The number of esters is 1. The first-order valence-corrected chi connectivity index (χ1v) is 17.4. The number of nitrogens with one attached hydrogen (secondary N) is 1. The minimum absolute atomic E-state index is 0.0434. The van der Waals surface area contributed by atoms with Gasteiger partial charge < -0.3 is 29.7 Å². The van der Waals surface area contributed by atoms with Crippen LogP contribution in [0.1, 0.15) is 67.7 Å². The van der Waals surface area contributed by atoms with Crippen LogP contribution in [-0.4, -0.2) is 77.7 Å². The van der Waals surface area contributed by atoms with Crippen LogP contribution >= 0.6 is 0 Å². The molecule has 0 saturated carbocycles. The number of carbonyl (C=O) groups excluding carboxylic acids is 4. The lowest BCUT2D eigenvalue weighted by atomic mass is 9.70. The summed E-state index contributed by atoms with van der Waals surface area (Å²) >= 11 is 0. The fourth-order valence-corrected chi connectivity index (χ4v) is 7.99. The molecule has 3 aliphatic heterocycles. The van der Waals surface area contributed by atoms with E-state index < -0.39 is 41.6 Å². The molecular weight excluding hydrogens is 622 g/mol. The molecule has 2 aromatic carbocycles. The van der Waals surface area contributed by atoms with Gasteiger partial charge in [0.05, 0.1) is 24.0 Å². The number of hydrogen-bond donors (Lipinski definition) is 2. The third-order valence-electron chi connectivity index (χ3n) is 10.2. The molecule has 2 aromatic rings. The van der Waals surface area contributed by atoms with E-state index in [0.29, 0.717) is 45.1 Å². The van der Waals surface area contributed by atoms with Crippen LogP contribution in [0.2, 0.25) is 0 Å². The van der Waals surface area contributed by atoms with Gasteiger partial charge >= 0.3 is 5.97 Å². The largest absolute Gasteiger partial charge is 0.463 e. The summed E-state index contributed by atoms with van der Waals surface area (Å²) < 4.78 is 12.3. The van der Waals surface area contributed by atoms with Crippen molar-refractivity contribution >= 4 is 29.4 Å². The number of hydrogen-bond acceptors (Lipinski definition) is 7. The molecule has 10 heteroatoms. The Labute approximate surface area is 289 Å². The van der Waals surface area contributed by atoms with Gasteiger partial charge in [0.25, 0.3) is 5.91 Å². The van der Waals surface area contributed by atoms with E-state index in [1.807, 2.05) is 62.4 Å². The van der Waals surface area contributed by atoms with Gasteiger partial charge in [0.1, 0.15) is 18.2 Å². The van der Waals surface area contributed by atoms with Crippen LogP contribution < -0.4 is 10.2 Å². The molecule has 49 heavy (non-hydrogen) atoms. The number of allylic oxidation sites excluding steroid dienone is 1. The Bertz CT molecular complexity index is 1520. The van der Waals surface area contributed by atoms with Crippen molar-refractivity contribution in [3.63, 3.8) is 0 Å². The van der Waals surface area contributed by atoms with E-state index in [1.54, 1.807) is 22.0 Å². The number of ether oxygens (including phenoxy) is 2. The predicted octanol–water partition coefficient (Wildman–Crippen LogP) is 4.73. The van der Waals surface area contributed by atoms with Crippen molar-refractivity contribution in [3.8, 4) is 0 Å². The van der Waals surface area contributed by atoms with Crippen molar-refractivity contribution in [2.75, 3.05) is 31.2 Å². The number of benzene rings is 2. The molecule has 5 rings (SSSR count). The number of anilines is 1. The summed E-state index contributed by atoms with van der Waals surface area (Å²) in [6.45, 7) is 12.0. The molecule has 2 N–H and O–H groups in total. The maximum atomic E-state index is 14.9. The molecule has 3 amide bonds. The number of aliphatic hydroxyl groups is 1. The second-order valence-corrected chi connectivity index (χ2v) is 13.3. The summed E-state index contributed by atoms with van der Waals surface area (Å²) in [4.78, 5) is 59.4. The average molecular weight is 672 g/mol. The predicted molar refractivity (Wildman–Crippen MR) is 186 cm³/mol. The van der Waals surface area contributed by atoms with Gasteiger partial charge in [0.15, 0.2) is 0 Å². The van der Waals surface area contributed by atoms with Crippen LogP contribution in [0.15, 0.2) is 73.8 Å². The van der Waals surface area contributed by atoms with Gasteiger partial charge in [-0.3, -0.25) is 19.2 Å². The fourth-order valence-electron chi connectivity index (χ4n) is 7.99. The maximum absolute atomic E-state index is 14.9. The molecule has 3 fully saturated rings. The van der Waals surface area contributed by atoms with Crippen LogP contribution in [-0.2, 0) is 28.7 Å². The Morgan fingerprint density at radius 3 is 2.49 bits per heavy atom. The zero-order valence-corrected chi connectivity index (χ0v) is 28.6. The number of carbonyl (C=O) groups is 4. The summed E-state index contributed by atoms with van der Waals surface area (Å²) in [5, 5.41) is 12.5. The first-order chi connectivity index (χ1) is 23.7. The molecule has 0 aromatic heterocycles. The summed E-state index contributed by atoms with van der Waals surface area (Å²) in [7, 11) is 0. The number of para-hydroxylation sites is 1. The lowest BCUT2D eigenvalue weighted by molar-refractivity contribution is -0.146. The number of rotatable bonds is 17. The Balaban J connectivity index is 1.47. The SMILES string of the molecule is C=CCCC(=O)OC[C@@H](NC(=O)[C@@H]1[C@H]2C(=O)N(CCCCCO)[C@H](C(=O)N(CC=C)c3c(C)cccc3C)[C@]23CC[C@H]1O3)c1ccccc1. The third-order valence-corrected chi connectivity index (χ3v) is 10.2. The van der Waals surface area contributed by atoms with Crippen molar-refractivity contribution < 1.29 is 33.8 Å². The molecule has 0 radical (unpaired) electrons. The van der Waals surface area contributed by atoms with Crippen LogP contribution in [0.3, 0.4) is 0 Å². The molecule has 2 bridgehead atoms. The average Bonchev–Trinajstić information content (AvgIpc) is 3.74. The second-order valence-electron chi connectivity index (χ2n) is 13.3. The number of aryl methyl sites for hydroxylation is 2. The van der Waals surface area contributed by atoms with Crippen molar-refractivity contribution in [1.82, 2.24) is 10.2 Å². The van der Waals surface area contributed by atoms with Crippen molar-refractivity contribution in [2.24, 2.45) is 11.8 Å². The Morgan fingerprint density at radius 2 is 1.82 bits per heavy atom. The number of likely N-dealkylation sites (tertiary alicyclic amines) is 1. The van der Waals surface area contributed by atoms with E-state index in [-0.39, 0.29) is 43.9 Å². The molecule has 0 unspecified atom stereocenters. The van der Waals surface area contributed by atoms with Gasteiger partial charge in [0.2, 0.25) is 11.8 Å².